The van der Waals surface area contributed by atoms with Crippen molar-refractivity contribution < 1.29 is 23.5 Å². The highest BCUT2D eigenvalue weighted by Gasteiger charge is 2.60. The van der Waals surface area contributed by atoms with Crippen molar-refractivity contribution in [2.45, 2.75) is 77.2 Å². The van der Waals surface area contributed by atoms with Crippen LogP contribution in [0.2, 0.25) is 18.1 Å². The van der Waals surface area contributed by atoms with Gasteiger partial charge in [0.05, 0.1) is 18.1 Å². The maximum atomic E-state index is 15.3. The molecule has 0 bridgehead atoms. The van der Waals surface area contributed by atoms with E-state index in [0.717, 1.165) is 27.9 Å². The van der Waals surface area contributed by atoms with Gasteiger partial charge in [-0.05, 0) is 89.6 Å². The van der Waals surface area contributed by atoms with Crippen LogP contribution in [0.25, 0.3) is 6.08 Å². The van der Waals surface area contributed by atoms with E-state index in [1.54, 1.807) is 17.3 Å². The number of likely N-dealkylation sites (tertiary alicyclic amines) is 1. The molecule has 4 atom stereocenters. The Morgan fingerprint density at radius 2 is 1.44 bits per heavy atom. The number of Topliss-reactive ketones (excluding diaryl/α,β-unsaturated/α-hetero) is 1. The highest BCUT2D eigenvalue weighted by molar-refractivity contribution is 7.96. The van der Waals surface area contributed by atoms with Gasteiger partial charge in [-0.2, -0.15) is 0 Å². The SMILES string of the molecule is C=CCOC(=O)C(N1C(=O)C([C@@H](C)O[Si](C)(C)C(C)(C)C)C1[C@H]1CCCC(=Cc2ccncc2)C1=O)=P(c1ccccc1)(c1ccccc1)c1ccccc1. The summed E-state index contributed by atoms with van der Waals surface area (Å²) in [6, 6.07) is 33.0. The standard InChI is InChI=1S/C46H53N2O5PSi/c1-8-31-52-45(51)44(54(36-20-12-9-13-21-36,37-22-14-10-15-23-37)38-24-16-11-17-25-38)48-41(40(43(48)50)33(2)53-55(6,7)46(3,4)5)39-26-18-19-35(42(39)49)32-34-27-29-47-30-28-34/h8-17,20-25,27-30,32-33,39-41H,1,18-19,26,31H2,2-7H3/t33-,39-,40?,41?/m1/s1. The molecule has 1 aliphatic heterocycles. The van der Waals surface area contributed by atoms with Gasteiger partial charge in [-0.1, -0.05) is 124 Å². The molecule has 7 nitrogen and oxygen atoms in total. The lowest BCUT2D eigenvalue weighted by atomic mass is 9.69. The number of esters is 1. The quantitative estimate of drug-likeness (QED) is 0.0364. The number of nitrogens with zero attached hydrogens (tertiary/aromatic N) is 2. The first-order valence-electron chi connectivity index (χ1n) is 19.2. The van der Waals surface area contributed by atoms with Gasteiger partial charge in [0.15, 0.2) is 14.1 Å². The van der Waals surface area contributed by atoms with Crippen molar-refractivity contribution in [3.63, 3.8) is 0 Å². The second kappa shape index (κ2) is 16.6. The summed E-state index contributed by atoms with van der Waals surface area (Å²) in [6.45, 7) is 13.5. The minimum Gasteiger partial charge on any atom is -0.457 e. The van der Waals surface area contributed by atoms with E-state index in [4.69, 9.17) is 9.16 Å². The number of hydrogen-bond donors (Lipinski definition) is 0. The third-order valence-electron chi connectivity index (χ3n) is 11.5. The Labute approximate surface area is 327 Å². The summed E-state index contributed by atoms with van der Waals surface area (Å²) in [5, 5.41) is 2.58. The summed E-state index contributed by atoms with van der Waals surface area (Å²) in [4.78, 5) is 51.1. The van der Waals surface area contributed by atoms with Crippen LogP contribution in [0.15, 0.2) is 134 Å². The van der Waals surface area contributed by atoms with Crippen molar-refractivity contribution in [2.75, 3.05) is 6.61 Å². The molecule has 1 saturated carbocycles. The molecule has 1 aliphatic carbocycles. The molecule has 2 aliphatic rings. The van der Waals surface area contributed by atoms with Crippen LogP contribution in [0.4, 0.5) is 0 Å². The zero-order valence-corrected chi connectivity index (χ0v) is 34.7. The lowest BCUT2D eigenvalue weighted by molar-refractivity contribution is -0.162. The first-order valence-corrected chi connectivity index (χ1v) is 23.9. The topological polar surface area (TPSA) is 85.8 Å². The molecule has 2 fully saturated rings. The number of hydrogen-bond acceptors (Lipinski definition) is 6. The molecular weight excluding hydrogens is 720 g/mol. The summed E-state index contributed by atoms with van der Waals surface area (Å²) < 4.78 is 13.0. The lowest BCUT2D eigenvalue weighted by Crippen LogP contribution is -2.72. The van der Waals surface area contributed by atoms with Gasteiger partial charge in [-0.3, -0.25) is 14.6 Å². The lowest BCUT2D eigenvalue weighted by Gasteiger charge is -2.55. The number of carbonyl (C=O) groups is 3. The second-order valence-corrected chi connectivity index (χ2v) is 24.1. The zero-order valence-electron chi connectivity index (χ0n) is 32.9. The number of amides is 1. The molecule has 0 spiro atoms. The smallest absolute Gasteiger partial charge is 0.356 e. The normalized spacial score (nSPS) is 20.4. The number of rotatable bonds is 12. The minimum absolute atomic E-state index is 0.00281. The van der Waals surface area contributed by atoms with Crippen LogP contribution in [0, 0.1) is 11.8 Å². The molecule has 3 aromatic carbocycles. The molecule has 0 radical (unpaired) electrons. The van der Waals surface area contributed by atoms with Crippen molar-refractivity contribution in [3.8, 4) is 0 Å². The van der Waals surface area contributed by atoms with Gasteiger partial charge >= 0.3 is 5.97 Å². The van der Waals surface area contributed by atoms with E-state index in [-0.39, 0.29) is 28.8 Å². The van der Waals surface area contributed by atoms with Crippen LogP contribution in [0.5, 0.6) is 0 Å². The first-order chi connectivity index (χ1) is 26.3. The molecule has 1 saturated heterocycles. The molecule has 2 heterocycles. The summed E-state index contributed by atoms with van der Waals surface area (Å²) in [5.41, 5.74) is 1.88. The molecule has 0 N–H and O–H groups in total. The Morgan fingerprint density at radius 3 is 1.93 bits per heavy atom. The van der Waals surface area contributed by atoms with Gasteiger partial charge < -0.3 is 14.1 Å². The van der Waals surface area contributed by atoms with Crippen molar-refractivity contribution in [3.05, 3.63) is 139 Å². The van der Waals surface area contributed by atoms with E-state index in [1.165, 1.54) is 6.08 Å². The Morgan fingerprint density at radius 1 is 0.909 bits per heavy atom. The number of benzene rings is 3. The first kappa shape index (κ1) is 40.1. The number of ether oxygens (including phenoxy) is 1. The monoisotopic (exact) mass is 772 g/mol. The predicted molar refractivity (Wildman–Crippen MR) is 228 cm³/mol. The third kappa shape index (κ3) is 7.78. The number of carbonyl (C=O) groups excluding carboxylic acids is 3. The molecule has 4 aromatic rings. The molecule has 2 unspecified atom stereocenters. The summed E-state index contributed by atoms with van der Waals surface area (Å²) in [7, 11) is -2.36. The Kier molecular flexibility index (Phi) is 12.1. The van der Waals surface area contributed by atoms with Gasteiger partial charge in [0.2, 0.25) is 5.91 Å². The van der Waals surface area contributed by atoms with E-state index < -0.39 is 45.2 Å². The van der Waals surface area contributed by atoms with Crippen LogP contribution < -0.4 is 15.9 Å². The summed E-state index contributed by atoms with van der Waals surface area (Å²) in [6.07, 6.45) is 8.40. The summed E-state index contributed by atoms with van der Waals surface area (Å²) >= 11 is 0. The number of allylic oxidation sites excluding steroid dienone is 1. The van der Waals surface area contributed by atoms with Crippen molar-refractivity contribution in [1.82, 2.24) is 9.88 Å². The maximum Gasteiger partial charge on any atom is 0.356 e. The van der Waals surface area contributed by atoms with Crippen LogP contribution in [0.1, 0.15) is 52.5 Å². The molecule has 6 rings (SSSR count). The molecular formula is C46H53N2O5PSi. The van der Waals surface area contributed by atoms with E-state index in [0.29, 0.717) is 18.4 Å². The van der Waals surface area contributed by atoms with E-state index in [9.17, 15) is 4.79 Å². The van der Waals surface area contributed by atoms with Gasteiger partial charge in [0.1, 0.15) is 12.0 Å². The van der Waals surface area contributed by atoms with Gasteiger partial charge in [0.25, 0.3) is 0 Å². The molecule has 1 amide bonds. The van der Waals surface area contributed by atoms with Gasteiger partial charge in [-0.15, -0.1) is 0 Å². The average molecular weight is 773 g/mol. The molecule has 286 valence electrons. The number of aromatic nitrogens is 1. The van der Waals surface area contributed by atoms with Crippen molar-refractivity contribution in [2.24, 2.45) is 11.8 Å². The fraction of sp³-hybridized carbons (Fsp3) is 0.326. The predicted octanol–water partition coefficient (Wildman–Crippen LogP) is 7.92. The Bertz CT molecular complexity index is 1990. The van der Waals surface area contributed by atoms with Gasteiger partial charge in [0, 0.05) is 25.2 Å². The van der Waals surface area contributed by atoms with E-state index in [1.807, 2.05) is 116 Å². The average Bonchev–Trinajstić information content (AvgIpc) is 3.18. The van der Waals surface area contributed by atoms with E-state index in [2.05, 4.69) is 45.4 Å². The highest BCUT2D eigenvalue weighted by atomic mass is 31.2. The second-order valence-electron chi connectivity index (χ2n) is 16.0. The van der Waals surface area contributed by atoms with Crippen LogP contribution in [-0.4, -0.2) is 60.0 Å². The molecule has 55 heavy (non-hydrogen) atoms. The Balaban J connectivity index is 1.66. The van der Waals surface area contributed by atoms with Crippen molar-refractivity contribution >= 4 is 60.3 Å². The minimum atomic E-state index is -3.17. The van der Waals surface area contributed by atoms with Crippen LogP contribution in [-0.2, 0) is 23.5 Å². The number of β-lactam (4-membered cyclic amide) rings is 1. The highest BCUT2D eigenvalue weighted by Crippen LogP contribution is 2.52. The largest absolute Gasteiger partial charge is 0.457 e. The maximum absolute atomic E-state index is 15.3. The molecule has 1 aromatic heterocycles. The fourth-order valence-corrected chi connectivity index (χ4v) is 13.7. The van der Waals surface area contributed by atoms with Crippen LogP contribution >= 0.6 is 6.89 Å². The fourth-order valence-electron chi connectivity index (χ4n) is 7.90. The van der Waals surface area contributed by atoms with E-state index >= 15 is 9.59 Å². The number of ketones is 1. The van der Waals surface area contributed by atoms with Crippen molar-refractivity contribution in [1.29, 1.82) is 0 Å². The van der Waals surface area contributed by atoms with Gasteiger partial charge in [-0.25, -0.2) is 4.79 Å². The molecule has 9 heteroatoms. The third-order valence-corrected chi connectivity index (χ3v) is 20.4. The Hall–Kier alpha value is -4.62. The van der Waals surface area contributed by atoms with Crippen LogP contribution in [0.3, 0.4) is 0 Å². The summed E-state index contributed by atoms with van der Waals surface area (Å²) in [5.74, 6) is -2.06. The number of pyridine rings is 1. The zero-order chi connectivity index (χ0) is 39.4.